The number of phenolic OH excluding ortho intramolecular Hbond substituents is 1. The molecule has 1 N–H and O–H groups in total. The van der Waals surface area contributed by atoms with E-state index in [9.17, 15) is 5.11 Å². The summed E-state index contributed by atoms with van der Waals surface area (Å²) in [6.45, 7) is 0. The van der Waals surface area contributed by atoms with E-state index in [2.05, 4.69) is 12.6 Å². The number of hydrogen-bond acceptors (Lipinski definition) is 2. The summed E-state index contributed by atoms with van der Waals surface area (Å²) in [5, 5.41) is 9.26. The van der Waals surface area contributed by atoms with Crippen LogP contribution in [0.2, 0.25) is 0 Å². The van der Waals surface area contributed by atoms with Gasteiger partial charge in [-0.2, -0.15) is 12.6 Å². The fourth-order valence-electron chi connectivity index (χ4n) is 0.808. The number of rotatable bonds is 2. The van der Waals surface area contributed by atoms with E-state index < -0.39 is 0 Å². The first-order chi connectivity index (χ1) is 5.34. The van der Waals surface area contributed by atoms with Gasteiger partial charge in [0.1, 0.15) is 5.75 Å². The number of hydrogen-bond donors (Lipinski definition) is 2. The smallest absolute Gasteiger partial charge is 0.122 e. The minimum atomic E-state index is 0.311. The Morgan fingerprint density at radius 1 is 1.36 bits per heavy atom. The van der Waals surface area contributed by atoms with Crippen molar-refractivity contribution in [3.05, 3.63) is 35.9 Å². The molecule has 58 valence electrons. The first-order valence-electron chi connectivity index (χ1n) is 3.40. The zero-order valence-corrected chi connectivity index (χ0v) is 6.96. The molecule has 11 heavy (non-hydrogen) atoms. The summed E-state index contributed by atoms with van der Waals surface area (Å²) in [5.41, 5.74) is 0.835. The maximum absolute atomic E-state index is 9.26. The third-order valence-corrected chi connectivity index (χ3v) is 1.55. The van der Waals surface area contributed by atoms with E-state index in [1.165, 1.54) is 0 Å². The third kappa shape index (κ3) is 2.31. The molecular formula is C9H10OS. The molecule has 0 aromatic heterocycles. The first-order valence-corrected chi connectivity index (χ1v) is 4.03. The minimum absolute atomic E-state index is 0.311. The molecule has 1 aromatic rings. The second-order valence-electron chi connectivity index (χ2n) is 2.14. The predicted molar refractivity (Wildman–Crippen MR) is 51.0 cm³/mol. The van der Waals surface area contributed by atoms with Gasteiger partial charge in [-0.25, -0.2) is 0 Å². The summed E-state index contributed by atoms with van der Waals surface area (Å²) in [6, 6.07) is 7.21. The van der Waals surface area contributed by atoms with Gasteiger partial charge in [0.2, 0.25) is 0 Å². The fraction of sp³-hybridized carbons (Fsp3) is 0.111. The maximum Gasteiger partial charge on any atom is 0.122 e. The van der Waals surface area contributed by atoms with Crippen molar-refractivity contribution in [1.82, 2.24) is 0 Å². The fourth-order valence-corrected chi connectivity index (χ4v) is 0.914. The van der Waals surface area contributed by atoms with Crippen LogP contribution < -0.4 is 0 Å². The largest absolute Gasteiger partial charge is 0.507 e. The van der Waals surface area contributed by atoms with Crippen molar-refractivity contribution in [3.63, 3.8) is 0 Å². The second kappa shape index (κ2) is 4.09. The van der Waals surface area contributed by atoms with Gasteiger partial charge in [0.15, 0.2) is 0 Å². The Labute approximate surface area is 71.8 Å². The van der Waals surface area contributed by atoms with Crippen LogP contribution in [0.1, 0.15) is 5.56 Å². The summed E-state index contributed by atoms with van der Waals surface area (Å²) in [4.78, 5) is 0. The van der Waals surface area contributed by atoms with Gasteiger partial charge in [-0.3, -0.25) is 0 Å². The Morgan fingerprint density at radius 2 is 2.09 bits per heavy atom. The molecule has 0 saturated heterocycles. The molecule has 1 aromatic carbocycles. The molecule has 1 rings (SSSR count). The lowest BCUT2D eigenvalue weighted by molar-refractivity contribution is 0.474. The molecule has 0 aliphatic heterocycles. The molecule has 0 spiro atoms. The zero-order valence-electron chi connectivity index (χ0n) is 6.07. The van der Waals surface area contributed by atoms with Crippen LogP contribution in [0.5, 0.6) is 5.75 Å². The number of phenols is 1. The van der Waals surface area contributed by atoms with Crippen LogP contribution in [0.3, 0.4) is 0 Å². The molecular weight excluding hydrogens is 156 g/mol. The summed E-state index contributed by atoms with van der Waals surface area (Å²) in [5.74, 6) is 1.000. The van der Waals surface area contributed by atoms with Crippen LogP contribution in [0.4, 0.5) is 0 Å². The van der Waals surface area contributed by atoms with E-state index in [-0.39, 0.29) is 0 Å². The predicted octanol–water partition coefficient (Wildman–Crippen LogP) is 2.34. The van der Waals surface area contributed by atoms with Gasteiger partial charge in [0, 0.05) is 11.3 Å². The molecule has 0 atom stereocenters. The third-order valence-electron chi connectivity index (χ3n) is 1.34. The summed E-state index contributed by atoms with van der Waals surface area (Å²) >= 11 is 4.02. The van der Waals surface area contributed by atoms with Crippen molar-refractivity contribution in [2.45, 2.75) is 0 Å². The average Bonchev–Trinajstić information content (AvgIpc) is 2.03. The highest BCUT2D eigenvalue weighted by Crippen LogP contribution is 2.16. The van der Waals surface area contributed by atoms with Crippen molar-refractivity contribution < 1.29 is 5.11 Å². The van der Waals surface area contributed by atoms with E-state index in [1.807, 2.05) is 24.3 Å². The molecule has 0 aliphatic rings. The molecule has 0 bridgehead atoms. The highest BCUT2D eigenvalue weighted by atomic mass is 32.1. The van der Waals surface area contributed by atoms with Crippen molar-refractivity contribution >= 4 is 18.7 Å². The lowest BCUT2D eigenvalue weighted by Gasteiger charge is -1.95. The van der Waals surface area contributed by atoms with Crippen LogP contribution in [-0.4, -0.2) is 10.9 Å². The van der Waals surface area contributed by atoms with Crippen LogP contribution in [-0.2, 0) is 0 Å². The molecule has 0 heterocycles. The van der Waals surface area contributed by atoms with Gasteiger partial charge >= 0.3 is 0 Å². The van der Waals surface area contributed by atoms with E-state index in [0.29, 0.717) is 11.5 Å². The summed E-state index contributed by atoms with van der Waals surface area (Å²) in [6.07, 6.45) is 3.74. The minimum Gasteiger partial charge on any atom is -0.507 e. The van der Waals surface area contributed by atoms with E-state index in [1.54, 1.807) is 12.1 Å². The van der Waals surface area contributed by atoms with Crippen LogP contribution in [0, 0.1) is 0 Å². The maximum atomic E-state index is 9.26. The molecule has 0 radical (unpaired) electrons. The molecule has 1 nitrogen and oxygen atoms in total. The topological polar surface area (TPSA) is 20.2 Å². The lowest BCUT2D eigenvalue weighted by atomic mass is 10.2. The van der Waals surface area contributed by atoms with Crippen LogP contribution in [0.15, 0.2) is 30.3 Å². The van der Waals surface area contributed by atoms with E-state index in [0.717, 1.165) is 5.56 Å². The Morgan fingerprint density at radius 3 is 2.73 bits per heavy atom. The summed E-state index contributed by atoms with van der Waals surface area (Å²) < 4.78 is 0. The summed E-state index contributed by atoms with van der Waals surface area (Å²) in [7, 11) is 0. The Balaban J connectivity index is 2.86. The molecule has 0 unspecified atom stereocenters. The zero-order chi connectivity index (χ0) is 8.10. The SMILES string of the molecule is Oc1ccccc1C=CCS. The lowest BCUT2D eigenvalue weighted by Crippen LogP contribution is -1.72. The van der Waals surface area contributed by atoms with Crippen LogP contribution in [0.25, 0.3) is 6.08 Å². The van der Waals surface area contributed by atoms with Gasteiger partial charge in [-0.05, 0) is 6.07 Å². The van der Waals surface area contributed by atoms with Gasteiger partial charge in [0.05, 0.1) is 0 Å². The molecule has 0 saturated carbocycles. The molecule has 0 fully saturated rings. The average molecular weight is 166 g/mol. The molecule has 0 amide bonds. The Hall–Kier alpha value is -0.890. The van der Waals surface area contributed by atoms with Gasteiger partial charge in [-0.1, -0.05) is 30.4 Å². The van der Waals surface area contributed by atoms with Crippen molar-refractivity contribution in [2.24, 2.45) is 0 Å². The van der Waals surface area contributed by atoms with Crippen molar-refractivity contribution in [2.75, 3.05) is 5.75 Å². The first kappa shape index (κ1) is 8.21. The van der Waals surface area contributed by atoms with Gasteiger partial charge < -0.3 is 5.11 Å². The Bertz CT molecular complexity index is 255. The van der Waals surface area contributed by atoms with Crippen LogP contribution >= 0.6 is 12.6 Å². The normalized spacial score (nSPS) is 10.6. The monoisotopic (exact) mass is 166 g/mol. The van der Waals surface area contributed by atoms with E-state index in [4.69, 9.17) is 0 Å². The van der Waals surface area contributed by atoms with Gasteiger partial charge in [-0.15, -0.1) is 0 Å². The quantitative estimate of drug-likeness (QED) is 0.646. The van der Waals surface area contributed by atoms with Crippen molar-refractivity contribution in [1.29, 1.82) is 0 Å². The highest BCUT2D eigenvalue weighted by molar-refractivity contribution is 7.80. The van der Waals surface area contributed by atoms with Crippen molar-refractivity contribution in [3.8, 4) is 5.75 Å². The number of thiol groups is 1. The Kier molecular flexibility index (Phi) is 3.05. The second-order valence-corrected chi connectivity index (χ2v) is 2.51. The van der Waals surface area contributed by atoms with E-state index >= 15 is 0 Å². The number of para-hydroxylation sites is 1. The standard InChI is InChI=1S/C9H10OS/c10-9-6-2-1-4-8(9)5-3-7-11/h1-6,10-11H,7H2. The molecule has 2 heteroatoms. The number of aromatic hydroxyl groups is 1. The number of benzene rings is 1. The highest BCUT2D eigenvalue weighted by Gasteiger charge is 1.91. The van der Waals surface area contributed by atoms with Gasteiger partial charge in [0.25, 0.3) is 0 Å². The molecule has 0 aliphatic carbocycles.